The lowest BCUT2D eigenvalue weighted by Crippen LogP contribution is -2.15. The molecule has 1 saturated heterocycles. The van der Waals surface area contributed by atoms with Gasteiger partial charge >= 0.3 is 0 Å². The minimum absolute atomic E-state index is 0.0388. The van der Waals surface area contributed by atoms with Crippen LogP contribution in [0.1, 0.15) is 12.3 Å². The number of rotatable bonds is 6. The van der Waals surface area contributed by atoms with Gasteiger partial charge in [0, 0.05) is 12.5 Å². The number of amides is 1. The number of hydrogen-bond donors (Lipinski definition) is 1. The van der Waals surface area contributed by atoms with Gasteiger partial charge in [0.15, 0.2) is 9.84 Å². The van der Waals surface area contributed by atoms with Crippen LogP contribution < -0.4 is 5.32 Å². The molecule has 0 unspecified atom stereocenters. The lowest BCUT2D eigenvalue weighted by Gasteiger charge is -2.05. The normalized spacial score (nSPS) is 18.8. The van der Waals surface area contributed by atoms with E-state index >= 15 is 0 Å². The molecule has 1 fully saturated rings. The van der Waals surface area contributed by atoms with Gasteiger partial charge in [-0.1, -0.05) is 11.8 Å². The zero-order valence-electron chi connectivity index (χ0n) is 13.4. The Hall–Kier alpha value is -2.01. The van der Waals surface area contributed by atoms with Crippen molar-refractivity contribution in [2.24, 2.45) is 5.92 Å². The highest BCUT2D eigenvalue weighted by Gasteiger charge is 2.29. The van der Waals surface area contributed by atoms with E-state index in [4.69, 9.17) is 4.42 Å². The summed E-state index contributed by atoms with van der Waals surface area (Å²) in [6.45, 7) is 0. The SMILES string of the molecule is O=C(CSc1nnc(C[C@@H]2CCS(=O)(=O)C2)o1)Nc1ccc(F)cc1F. The smallest absolute Gasteiger partial charge is 0.277 e. The van der Waals surface area contributed by atoms with E-state index in [0.717, 1.165) is 23.9 Å². The summed E-state index contributed by atoms with van der Waals surface area (Å²) in [6, 6.07) is 2.85. The van der Waals surface area contributed by atoms with Gasteiger partial charge in [-0.15, -0.1) is 10.2 Å². The summed E-state index contributed by atoms with van der Waals surface area (Å²) in [6.07, 6.45) is 0.943. The van der Waals surface area contributed by atoms with E-state index in [2.05, 4.69) is 15.5 Å². The fourth-order valence-electron chi connectivity index (χ4n) is 2.56. The molecule has 1 N–H and O–H groups in total. The quantitative estimate of drug-likeness (QED) is 0.737. The van der Waals surface area contributed by atoms with Gasteiger partial charge in [-0.25, -0.2) is 17.2 Å². The maximum Gasteiger partial charge on any atom is 0.277 e. The molecule has 7 nitrogen and oxygen atoms in total. The second kappa shape index (κ2) is 7.70. The largest absolute Gasteiger partial charge is 0.416 e. The number of nitrogens with zero attached hydrogens (tertiary/aromatic N) is 2. The van der Waals surface area contributed by atoms with Crippen molar-refractivity contribution < 1.29 is 26.4 Å². The van der Waals surface area contributed by atoms with Crippen molar-refractivity contribution in [1.29, 1.82) is 0 Å². The van der Waals surface area contributed by atoms with Crippen molar-refractivity contribution in [1.82, 2.24) is 10.2 Å². The van der Waals surface area contributed by atoms with E-state index < -0.39 is 27.4 Å². The number of aromatic nitrogens is 2. The fraction of sp³-hybridized carbons (Fsp3) is 0.400. The number of halogens is 2. The third-order valence-electron chi connectivity index (χ3n) is 3.77. The minimum atomic E-state index is -2.97. The van der Waals surface area contributed by atoms with Gasteiger partial charge in [-0.3, -0.25) is 4.79 Å². The number of carbonyl (C=O) groups is 1. The number of hydrogen-bond acceptors (Lipinski definition) is 7. The molecule has 0 bridgehead atoms. The number of thioether (sulfide) groups is 1. The molecule has 0 spiro atoms. The average molecular weight is 403 g/mol. The van der Waals surface area contributed by atoms with E-state index in [-0.39, 0.29) is 34.1 Å². The van der Waals surface area contributed by atoms with Gasteiger partial charge in [0.2, 0.25) is 11.8 Å². The van der Waals surface area contributed by atoms with Crippen LogP contribution in [0.2, 0.25) is 0 Å². The monoisotopic (exact) mass is 403 g/mol. The molecule has 1 aliphatic rings. The summed E-state index contributed by atoms with van der Waals surface area (Å²) < 4.78 is 54.6. The van der Waals surface area contributed by atoms with Gasteiger partial charge < -0.3 is 9.73 Å². The molecule has 3 rings (SSSR count). The Bertz CT molecular complexity index is 917. The Balaban J connectivity index is 1.49. The predicted molar refractivity (Wildman–Crippen MR) is 90.5 cm³/mol. The first kappa shape index (κ1) is 18.8. The first-order chi connectivity index (χ1) is 12.3. The van der Waals surface area contributed by atoms with E-state index in [1.807, 2.05) is 0 Å². The van der Waals surface area contributed by atoms with Crippen molar-refractivity contribution in [2.45, 2.75) is 18.1 Å². The Labute approximate surface area is 152 Å². The highest BCUT2D eigenvalue weighted by molar-refractivity contribution is 7.99. The first-order valence-corrected chi connectivity index (χ1v) is 10.5. The molecular weight excluding hydrogens is 388 g/mol. The molecule has 0 radical (unpaired) electrons. The zero-order chi connectivity index (χ0) is 18.7. The summed E-state index contributed by atoms with van der Waals surface area (Å²) >= 11 is 0.968. The summed E-state index contributed by atoms with van der Waals surface area (Å²) in [7, 11) is -2.97. The van der Waals surface area contributed by atoms with Crippen molar-refractivity contribution in [3.05, 3.63) is 35.7 Å². The lowest BCUT2D eigenvalue weighted by molar-refractivity contribution is -0.113. The van der Waals surface area contributed by atoms with Gasteiger partial charge in [0.05, 0.1) is 22.9 Å². The molecular formula is C15H15F2N3O4S2. The third kappa shape index (κ3) is 5.01. The van der Waals surface area contributed by atoms with Gasteiger partial charge in [0.1, 0.15) is 11.6 Å². The van der Waals surface area contributed by atoms with E-state index in [9.17, 15) is 22.0 Å². The third-order valence-corrected chi connectivity index (χ3v) is 6.43. The van der Waals surface area contributed by atoms with E-state index in [0.29, 0.717) is 24.8 Å². The van der Waals surface area contributed by atoms with Crippen LogP contribution in [-0.4, -0.2) is 41.8 Å². The highest BCUT2D eigenvalue weighted by atomic mass is 32.2. The van der Waals surface area contributed by atoms with Gasteiger partial charge in [-0.05, 0) is 24.5 Å². The van der Waals surface area contributed by atoms with Crippen LogP contribution in [0.15, 0.2) is 27.8 Å². The molecule has 0 aliphatic carbocycles. The van der Waals surface area contributed by atoms with Crippen LogP contribution in [0.25, 0.3) is 0 Å². The number of carbonyl (C=O) groups excluding carboxylic acids is 1. The summed E-state index contributed by atoms with van der Waals surface area (Å²) in [5.41, 5.74) is -0.120. The molecule has 26 heavy (non-hydrogen) atoms. The van der Waals surface area contributed by atoms with Crippen molar-refractivity contribution in [2.75, 3.05) is 22.6 Å². The molecule has 1 aromatic heterocycles. The maximum absolute atomic E-state index is 13.5. The fourth-order valence-corrected chi connectivity index (χ4v) is 5.01. The van der Waals surface area contributed by atoms with Gasteiger partial charge in [-0.2, -0.15) is 0 Å². The Morgan fingerprint density at radius 2 is 2.15 bits per heavy atom. The van der Waals surface area contributed by atoms with E-state index in [1.165, 1.54) is 0 Å². The molecule has 1 aromatic carbocycles. The first-order valence-electron chi connectivity index (χ1n) is 7.71. The molecule has 11 heteroatoms. The lowest BCUT2D eigenvalue weighted by atomic mass is 10.1. The van der Waals surface area contributed by atoms with Crippen molar-refractivity contribution in [3.63, 3.8) is 0 Å². The molecule has 0 saturated carbocycles. The highest BCUT2D eigenvalue weighted by Crippen LogP contribution is 2.24. The summed E-state index contributed by atoms with van der Waals surface area (Å²) in [5.74, 6) is -1.64. The molecule has 1 aliphatic heterocycles. The molecule has 2 heterocycles. The molecule has 2 aromatic rings. The summed E-state index contributed by atoms with van der Waals surface area (Å²) in [5, 5.41) is 10.1. The topological polar surface area (TPSA) is 102 Å². The molecule has 1 amide bonds. The predicted octanol–water partition coefficient (Wildman–Crippen LogP) is 2.06. The summed E-state index contributed by atoms with van der Waals surface area (Å²) in [4.78, 5) is 11.8. The second-order valence-corrected chi connectivity index (χ2v) is 9.05. The Kier molecular flexibility index (Phi) is 5.56. The number of benzene rings is 1. The Morgan fingerprint density at radius 3 is 2.85 bits per heavy atom. The maximum atomic E-state index is 13.5. The van der Waals surface area contributed by atoms with Crippen molar-refractivity contribution >= 4 is 33.2 Å². The van der Waals surface area contributed by atoms with Crippen LogP contribution in [-0.2, 0) is 21.1 Å². The number of anilines is 1. The van der Waals surface area contributed by atoms with Crippen LogP contribution in [0.5, 0.6) is 0 Å². The number of nitrogens with one attached hydrogen (secondary N) is 1. The van der Waals surface area contributed by atoms with Crippen LogP contribution in [0, 0.1) is 17.6 Å². The standard InChI is InChI=1S/C15H15F2N3O4S2/c16-10-1-2-12(11(17)6-10)18-13(21)7-25-15-20-19-14(24-15)5-9-3-4-26(22,23)8-9/h1-2,6,9H,3-5,7-8H2,(H,18,21)/t9-/m0/s1. The van der Waals surface area contributed by atoms with Crippen LogP contribution in [0.4, 0.5) is 14.5 Å². The second-order valence-electron chi connectivity index (χ2n) is 5.90. The molecule has 140 valence electrons. The average Bonchev–Trinajstić information content (AvgIpc) is 3.14. The van der Waals surface area contributed by atoms with Crippen LogP contribution in [0.3, 0.4) is 0 Å². The zero-order valence-corrected chi connectivity index (χ0v) is 15.1. The van der Waals surface area contributed by atoms with Gasteiger partial charge in [0.25, 0.3) is 5.22 Å². The Morgan fingerprint density at radius 1 is 1.35 bits per heavy atom. The number of sulfone groups is 1. The van der Waals surface area contributed by atoms with Crippen LogP contribution >= 0.6 is 11.8 Å². The van der Waals surface area contributed by atoms with Crippen molar-refractivity contribution in [3.8, 4) is 0 Å². The molecule has 1 atom stereocenters. The minimum Gasteiger partial charge on any atom is -0.416 e. The van der Waals surface area contributed by atoms with E-state index in [1.54, 1.807) is 0 Å².